The Hall–Kier alpha value is -2.78. The van der Waals surface area contributed by atoms with Gasteiger partial charge in [-0.2, -0.15) is 0 Å². The number of amides is 2. The predicted octanol–water partition coefficient (Wildman–Crippen LogP) is 6.48. The summed E-state index contributed by atoms with van der Waals surface area (Å²) in [5.41, 5.74) is 1.45. The Kier molecular flexibility index (Phi) is 10.9. The van der Waals surface area contributed by atoms with Gasteiger partial charge in [-0.05, 0) is 63.6 Å². The minimum atomic E-state index is -4.23. The lowest BCUT2D eigenvalue weighted by Gasteiger charge is -2.33. The van der Waals surface area contributed by atoms with Gasteiger partial charge in [0.15, 0.2) is 0 Å². The maximum Gasteiger partial charge on any atom is 0.264 e. The zero-order chi connectivity index (χ0) is 29.6. The second-order valence-electron chi connectivity index (χ2n) is 9.49. The molecule has 0 aliphatic rings. The molecular weight excluding hydrogens is 593 g/mol. The van der Waals surface area contributed by atoms with Crippen LogP contribution in [0, 0.1) is 6.92 Å². The van der Waals surface area contributed by atoms with Crippen LogP contribution in [0.15, 0.2) is 71.6 Å². The lowest BCUT2D eigenvalue weighted by atomic mass is 10.1. The van der Waals surface area contributed by atoms with E-state index in [1.54, 1.807) is 55.5 Å². The summed E-state index contributed by atoms with van der Waals surface area (Å²) >= 11 is 19.2. The van der Waals surface area contributed by atoms with Crippen LogP contribution in [-0.2, 0) is 26.2 Å². The first-order valence-electron chi connectivity index (χ1n) is 12.7. The summed E-state index contributed by atoms with van der Waals surface area (Å²) in [6.45, 7) is 6.47. The molecular formula is C29H32Cl3N3O4S. The number of nitrogens with one attached hydrogen (secondary N) is 1. The van der Waals surface area contributed by atoms with E-state index in [1.165, 1.54) is 23.1 Å². The number of anilines is 1. The average molecular weight is 625 g/mol. The third kappa shape index (κ3) is 7.49. The van der Waals surface area contributed by atoms with Crippen molar-refractivity contribution in [2.24, 2.45) is 0 Å². The van der Waals surface area contributed by atoms with Gasteiger partial charge < -0.3 is 10.2 Å². The molecule has 0 heterocycles. The van der Waals surface area contributed by atoms with Gasteiger partial charge in [0.1, 0.15) is 12.6 Å². The van der Waals surface area contributed by atoms with E-state index in [-0.39, 0.29) is 28.2 Å². The summed E-state index contributed by atoms with van der Waals surface area (Å²) in [5.74, 6) is -1.03. The molecule has 0 unspecified atom stereocenters. The van der Waals surface area contributed by atoms with Gasteiger partial charge in [-0.1, -0.05) is 77.6 Å². The second kappa shape index (κ2) is 13.7. The van der Waals surface area contributed by atoms with E-state index in [0.29, 0.717) is 22.0 Å². The fourth-order valence-electron chi connectivity index (χ4n) is 3.91. The molecule has 0 saturated heterocycles. The van der Waals surface area contributed by atoms with E-state index in [2.05, 4.69) is 5.32 Å². The minimum absolute atomic E-state index is 0.00548. The molecule has 0 aliphatic heterocycles. The van der Waals surface area contributed by atoms with Gasteiger partial charge in [0.2, 0.25) is 11.8 Å². The van der Waals surface area contributed by atoms with Crippen LogP contribution in [0.25, 0.3) is 0 Å². The summed E-state index contributed by atoms with van der Waals surface area (Å²) in [5, 5.41) is 3.66. The quantitative estimate of drug-likeness (QED) is 0.265. The molecule has 3 rings (SSSR count). The van der Waals surface area contributed by atoms with Crippen molar-refractivity contribution in [3.8, 4) is 0 Å². The monoisotopic (exact) mass is 623 g/mol. The SMILES string of the molecule is CC[C@H](C)NC(=O)[C@@H](C)N(Cc1c(Cl)cccc1Cl)C(=O)CN(c1ccccc1Cl)S(=O)(=O)c1ccc(C)cc1. The molecule has 214 valence electrons. The number of aryl methyl sites for hydroxylation is 1. The average Bonchev–Trinajstić information content (AvgIpc) is 2.91. The Morgan fingerprint density at radius 2 is 1.45 bits per heavy atom. The fraction of sp³-hybridized carbons (Fsp3) is 0.310. The molecule has 0 aromatic heterocycles. The van der Waals surface area contributed by atoms with Gasteiger partial charge in [0.05, 0.1) is 15.6 Å². The second-order valence-corrected chi connectivity index (χ2v) is 12.6. The zero-order valence-corrected chi connectivity index (χ0v) is 25.8. The lowest BCUT2D eigenvalue weighted by molar-refractivity contribution is -0.139. The van der Waals surface area contributed by atoms with Crippen LogP contribution in [0.2, 0.25) is 15.1 Å². The van der Waals surface area contributed by atoms with Gasteiger partial charge in [-0.25, -0.2) is 8.42 Å². The van der Waals surface area contributed by atoms with E-state index in [9.17, 15) is 18.0 Å². The fourth-order valence-corrected chi connectivity index (χ4v) is 6.14. The molecule has 0 saturated carbocycles. The smallest absolute Gasteiger partial charge is 0.264 e. The Morgan fingerprint density at radius 1 is 0.875 bits per heavy atom. The largest absolute Gasteiger partial charge is 0.352 e. The first-order chi connectivity index (χ1) is 18.9. The Labute approximate surface area is 251 Å². The molecule has 40 heavy (non-hydrogen) atoms. The summed E-state index contributed by atoms with van der Waals surface area (Å²) in [4.78, 5) is 28.4. The van der Waals surface area contributed by atoms with Crippen LogP contribution in [0.1, 0.15) is 38.3 Å². The van der Waals surface area contributed by atoms with Gasteiger partial charge in [-0.3, -0.25) is 13.9 Å². The molecule has 0 bridgehead atoms. The van der Waals surface area contributed by atoms with Crippen LogP contribution in [0.4, 0.5) is 5.69 Å². The van der Waals surface area contributed by atoms with Crippen LogP contribution < -0.4 is 9.62 Å². The maximum absolute atomic E-state index is 14.0. The highest BCUT2D eigenvalue weighted by Gasteiger charge is 2.34. The van der Waals surface area contributed by atoms with Crippen molar-refractivity contribution in [2.75, 3.05) is 10.8 Å². The Balaban J connectivity index is 2.08. The van der Waals surface area contributed by atoms with Crippen LogP contribution in [0.5, 0.6) is 0 Å². The number of benzene rings is 3. The molecule has 11 heteroatoms. The third-order valence-electron chi connectivity index (χ3n) is 6.57. The van der Waals surface area contributed by atoms with Crippen LogP contribution in [-0.4, -0.2) is 43.8 Å². The number of carbonyl (C=O) groups excluding carboxylic acids is 2. The Bertz CT molecular complexity index is 1450. The van der Waals surface area contributed by atoms with Crippen molar-refractivity contribution in [1.82, 2.24) is 10.2 Å². The van der Waals surface area contributed by atoms with Crippen LogP contribution in [0.3, 0.4) is 0 Å². The molecule has 3 aromatic rings. The first kappa shape index (κ1) is 31.7. The number of para-hydroxylation sites is 1. The molecule has 0 aliphatic carbocycles. The lowest BCUT2D eigenvalue weighted by Crippen LogP contribution is -2.52. The van der Waals surface area contributed by atoms with Crippen LogP contribution >= 0.6 is 34.8 Å². The summed E-state index contributed by atoms with van der Waals surface area (Å²) < 4.78 is 28.7. The van der Waals surface area contributed by atoms with E-state index in [1.807, 2.05) is 20.8 Å². The number of hydrogen-bond acceptors (Lipinski definition) is 4. The van der Waals surface area contributed by atoms with Gasteiger partial charge in [0, 0.05) is 28.2 Å². The van der Waals surface area contributed by atoms with E-state index >= 15 is 0 Å². The molecule has 0 radical (unpaired) electrons. The van der Waals surface area contributed by atoms with Gasteiger partial charge in [0.25, 0.3) is 10.0 Å². The van der Waals surface area contributed by atoms with Gasteiger partial charge >= 0.3 is 0 Å². The molecule has 0 spiro atoms. The standard InChI is InChI=1S/C29H32Cl3N3O4S/c1-5-20(3)33-29(37)21(4)34(17-23-24(30)10-8-11-25(23)31)28(36)18-35(27-12-7-6-9-26(27)32)40(38,39)22-15-13-19(2)14-16-22/h6-16,20-21H,5,17-18H2,1-4H3,(H,33,37)/t20-,21+/m0/s1. The van der Waals surface area contributed by atoms with Crippen molar-refractivity contribution >= 4 is 62.3 Å². The summed E-state index contributed by atoms with van der Waals surface area (Å²) in [7, 11) is -4.23. The highest BCUT2D eigenvalue weighted by Crippen LogP contribution is 2.31. The van der Waals surface area contributed by atoms with E-state index < -0.39 is 34.4 Å². The first-order valence-corrected chi connectivity index (χ1v) is 15.3. The highest BCUT2D eigenvalue weighted by atomic mass is 35.5. The normalized spacial score (nSPS) is 12.9. The molecule has 3 aromatic carbocycles. The van der Waals surface area contributed by atoms with Gasteiger partial charge in [-0.15, -0.1) is 0 Å². The number of carbonyl (C=O) groups is 2. The number of halogens is 3. The molecule has 2 amide bonds. The zero-order valence-electron chi connectivity index (χ0n) is 22.7. The topological polar surface area (TPSA) is 86.8 Å². The maximum atomic E-state index is 14.0. The minimum Gasteiger partial charge on any atom is -0.352 e. The van der Waals surface area contributed by atoms with E-state index in [4.69, 9.17) is 34.8 Å². The van der Waals surface area contributed by atoms with E-state index in [0.717, 1.165) is 9.87 Å². The van der Waals surface area contributed by atoms with Crippen molar-refractivity contribution in [2.45, 2.75) is 57.6 Å². The highest BCUT2D eigenvalue weighted by molar-refractivity contribution is 7.92. The van der Waals surface area contributed by atoms with Crippen molar-refractivity contribution in [3.05, 3.63) is 92.9 Å². The summed E-state index contributed by atoms with van der Waals surface area (Å²) in [6.07, 6.45) is 0.692. The number of hydrogen-bond donors (Lipinski definition) is 1. The molecule has 0 fully saturated rings. The molecule has 2 atom stereocenters. The number of sulfonamides is 1. The third-order valence-corrected chi connectivity index (χ3v) is 9.37. The number of rotatable bonds is 11. The Morgan fingerprint density at radius 3 is 2.02 bits per heavy atom. The summed E-state index contributed by atoms with van der Waals surface area (Å²) in [6, 6.07) is 16.5. The van der Waals surface area contributed by atoms with Crippen molar-refractivity contribution in [3.63, 3.8) is 0 Å². The molecule has 7 nitrogen and oxygen atoms in total. The number of nitrogens with zero attached hydrogens (tertiary/aromatic N) is 2. The van der Waals surface area contributed by atoms with Crippen molar-refractivity contribution in [1.29, 1.82) is 0 Å². The van der Waals surface area contributed by atoms with Crippen molar-refractivity contribution < 1.29 is 18.0 Å². The molecule has 1 N–H and O–H groups in total. The predicted molar refractivity (Wildman–Crippen MR) is 162 cm³/mol.